The maximum Gasteiger partial charge on any atom is 0.320 e. The highest BCUT2D eigenvalue weighted by atomic mass is 19.1. The lowest BCUT2D eigenvalue weighted by Gasteiger charge is -2.15. The smallest absolute Gasteiger partial charge is 0.320 e. The van der Waals surface area contributed by atoms with Crippen molar-refractivity contribution in [1.29, 1.82) is 5.41 Å². The van der Waals surface area contributed by atoms with Crippen LogP contribution in [0.15, 0.2) is 60.9 Å². The van der Waals surface area contributed by atoms with Crippen LogP contribution in [0.2, 0.25) is 0 Å². The number of aromatic nitrogens is 2. The molecular formula is C20H19FN6O. The van der Waals surface area contributed by atoms with Gasteiger partial charge in [-0.1, -0.05) is 6.07 Å². The molecule has 1 aromatic carbocycles. The average Bonchev–Trinajstić information content (AvgIpc) is 2.71. The molecule has 0 spiro atoms. The van der Waals surface area contributed by atoms with Crippen LogP contribution < -0.4 is 16.0 Å². The predicted octanol–water partition coefficient (Wildman–Crippen LogP) is 4.24. The lowest BCUT2D eigenvalue weighted by atomic mass is 10.2. The number of benzene rings is 1. The number of urea groups is 1. The Bertz CT molecular complexity index is 962. The van der Waals surface area contributed by atoms with Crippen molar-refractivity contribution < 1.29 is 9.18 Å². The SMILES string of the molecule is CC(NC(=O)Nc1cc(C=N)c(Nc2ccc(F)cc2)cn1)c1ccccn1. The molecule has 7 nitrogen and oxygen atoms in total. The highest BCUT2D eigenvalue weighted by Gasteiger charge is 2.12. The summed E-state index contributed by atoms with van der Waals surface area (Å²) in [5.41, 5.74) is 2.49. The zero-order chi connectivity index (χ0) is 19.9. The molecule has 1 atom stereocenters. The van der Waals surface area contributed by atoms with E-state index in [1.54, 1.807) is 30.5 Å². The third-order valence-corrected chi connectivity index (χ3v) is 3.94. The van der Waals surface area contributed by atoms with E-state index in [4.69, 9.17) is 5.41 Å². The molecule has 0 aliphatic rings. The van der Waals surface area contributed by atoms with Gasteiger partial charge in [0.15, 0.2) is 0 Å². The van der Waals surface area contributed by atoms with Gasteiger partial charge in [-0.05, 0) is 49.4 Å². The van der Waals surface area contributed by atoms with Crippen LogP contribution in [0.1, 0.15) is 24.2 Å². The minimum atomic E-state index is -0.430. The van der Waals surface area contributed by atoms with Crippen LogP contribution >= 0.6 is 0 Å². The minimum Gasteiger partial charge on any atom is -0.354 e. The van der Waals surface area contributed by atoms with Gasteiger partial charge in [0.1, 0.15) is 11.6 Å². The fourth-order valence-electron chi connectivity index (χ4n) is 2.51. The molecule has 2 heterocycles. The molecule has 0 saturated heterocycles. The summed E-state index contributed by atoms with van der Waals surface area (Å²) in [7, 11) is 0. The van der Waals surface area contributed by atoms with Crippen LogP contribution in [0.25, 0.3) is 0 Å². The van der Waals surface area contributed by atoms with Gasteiger partial charge < -0.3 is 16.0 Å². The number of amides is 2. The van der Waals surface area contributed by atoms with Crippen molar-refractivity contribution in [3.8, 4) is 0 Å². The Morgan fingerprint density at radius 2 is 1.96 bits per heavy atom. The Morgan fingerprint density at radius 3 is 2.64 bits per heavy atom. The van der Waals surface area contributed by atoms with Crippen molar-refractivity contribution in [1.82, 2.24) is 15.3 Å². The van der Waals surface area contributed by atoms with E-state index in [0.29, 0.717) is 22.8 Å². The highest BCUT2D eigenvalue weighted by molar-refractivity contribution is 5.92. The Balaban J connectivity index is 1.66. The van der Waals surface area contributed by atoms with E-state index in [0.717, 1.165) is 11.9 Å². The molecule has 142 valence electrons. The van der Waals surface area contributed by atoms with Crippen molar-refractivity contribution in [2.24, 2.45) is 0 Å². The first-order valence-electron chi connectivity index (χ1n) is 8.56. The number of anilines is 3. The highest BCUT2D eigenvalue weighted by Crippen LogP contribution is 2.21. The summed E-state index contributed by atoms with van der Waals surface area (Å²) in [4.78, 5) is 20.6. The Morgan fingerprint density at radius 1 is 1.18 bits per heavy atom. The van der Waals surface area contributed by atoms with E-state index in [2.05, 4.69) is 25.9 Å². The lowest BCUT2D eigenvalue weighted by Crippen LogP contribution is -2.31. The van der Waals surface area contributed by atoms with Gasteiger partial charge >= 0.3 is 6.03 Å². The van der Waals surface area contributed by atoms with Crippen LogP contribution in [0, 0.1) is 11.2 Å². The second-order valence-electron chi connectivity index (χ2n) is 6.01. The molecule has 3 rings (SSSR count). The van der Waals surface area contributed by atoms with E-state index >= 15 is 0 Å². The second kappa shape index (κ2) is 8.72. The zero-order valence-electron chi connectivity index (χ0n) is 15.1. The lowest BCUT2D eigenvalue weighted by molar-refractivity contribution is 0.249. The number of carbonyl (C=O) groups excluding carboxylic acids is 1. The Kier molecular flexibility index (Phi) is 5.91. The molecule has 0 aliphatic carbocycles. The molecular weight excluding hydrogens is 359 g/mol. The van der Waals surface area contributed by atoms with Gasteiger partial charge in [-0.25, -0.2) is 14.2 Å². The second-order valence-corrected chi connectivity index (χ2v) is 6.01. The number of nitrogens with zero attached hydrogens (tertiary/aromatic N) is 2. The van der Waals surface area contributed by atoms with E-state index in [1.807, 2.05) is 19.1 Å². The molecule has 0 aliphatic heterocycles. The first kappa shape index (κ1) is 19.0. The van der Waals surface area contributed by atoms with Gasteiger partial charge in [0.25, 0.3) is 0 Å². The van der Waals surface area contributed by atoms with Crippen molar-refractivity contribution in [3.05, 3.63) is 78.0 Å². The van der Waals surface area contributed by atoms with Crippen LogP contribution in [0.5, 0.6) is 0 Å². The van der Waals surface area contributed by atoms with Gasteiger partial charge in [0.05, 0.1) is 23.6 Å². The summed E-state index contributed by atoms with van der Waals surface area (Å²) in [6.07, 6.45) is 4.31. The first-order chi connectivity index (χ1) is 13.5. The summed E-state index contributed by atoms with van der Waals surface area (Å²) < 4.78 is 13.0. The molecule has 0 fully saturated rings. The predicted molar refractivity (Wildman–Crippen MR) is 107 cm³/mol. The van der Waals surface area contributed by atoms with Crippen molar-refractivity contribution in [2.45, 2.75) is 13.0 Å². The van der Waals surface area contributed by atoms with Gasteiger partial charge in [-0.3, -0.25) is 10.3 Å². The van der Waals surface area contributed by atoms with Gasteiger partial charge in [-0.15, -0.1) is 0 Å². The normalized spacial score (nSPS) is 11.4. The number of carbonyl (C=O) groups is 1. The van der Waals surface area contributed by atoms with E-state index in [1.165, 1.54) is 18.3 Å². The quantitative estimate of drug-likeness (QED) is 0.482. The Hall–Kier alpha value is -3.81. The monoisotopic (exact) mass is 378 g/mol. The fourth-order valence-corrected chi connectivity index (χ4v) is 2.51. The molecule has 4 N–H and O–H groups in total. The molecule has 3 aromatic rings. The van der Waals surface area contributed by atoms with E-state index in [-0.39, 0.29) is 11.9 Å². The molecule has 0 saturated carbocycles. The van der Waals surface area contributed by atoms with Crippen LogP contribution in [-0.4, -0.2) is 22.2 Å². The van der Waals surface area contributed by atoms with Crippen molar-refractivity contribution in [3.63, 3.8) is 0 Å². The zero-order valence-corrected chi connectivity index (χ0v) is 15.1. The topological polar surface area (TPSA) is 103 Å². The number of halogens is 1. The molecule has 2 amide bonds. The van der Waals surface area contributed by atoms with E-state index in [9.17, 15) is 9.18 Å². The van der Waals surface area contributed by atoms with Crippen LogP contribution in [0.3, 0.4) is 0 Å². The van der Waals surface area contributed by atoms with E-state index < -0.39 is 6.03 Å². The van der Waals surface area contributed by atoms with Crippen molar-refractivity contribution >= 4 is 29.4 Å². The summed E-state index contributed by atoms with van der Waals surface area (Å²) in [6.45, 7) is 1.83. The molecule has 1 unspecified atom stereocenters. The number of nitrogens with one attached hydrogen (secondary N) is 4. The Labute approximate surface area is 161 Å². The van der Waals surface area contributed by atoms with Gasteiger partial charge in [-0.2, -0.15) is 0 Å². The minimum absolute atomic E-state index is 0.275. The maximum absolute atomic E-state index is 13.0. The molecule has 2 aromatic heterocycles. The van der Waals surface area contributed by atoms with Crippen molar-refractivity contribution in [2.75, 3.05) is 10.6 Å². The summed E-state index contributed by atoms with van der Waals surface area (Å²) in [5, 5.41) is 16.1. The summed E-state index contributed by atoms with van der Waals surface area (Å²) in [6, 6.07) is 12.2. The summed E-state index contributed by atoms with van der Waals surface area (Å²) in [5.74, 6) is -0.0321. The fraction of sp³-hybridized carbons (Fsp3) is 0.100. The summed E-state index contributed by atoms with van der Waals surface area (Å²) >= 11 is 0. The third kappa shape index (κ3) is 4.88. The standard InChI is InChI=1S/C20H19FN6O/c1-13(17-4-2-3-9-23-17)25-20(28)27-19-10-14(11-22)18(12-24-19)26-16-7-5-15(21)6-8-16/h2-13,22,26H,1H3,(H2,24,25,27,28). The van der Waals surface area contributed by atoms with Crippen LogP contribution in [0.4, 0.5) is 26.4 Å². The van der Waals surface area contributed by atoms with Gasteiger partial charge in [0, 0.05) is 23.7 Å². The third-order valence-electron chi connectivity index (χ3n) is 3.94. The number of pyridine rings is 2. The average molecular weight is 378 g/mol. The molecule has 8 heteroatoms. The molecule has 0 radical (unpaired) electrons. The largest absolute Gasteiger partial charge is 0.354 e. The number of hydrogen-bond donors (Lipinski definition) is 4. The maximum atomic E-state index is 13.0. The number of hydrogen-bond acceptors (Lipinski definition) is 5. The molecule has 28 heavy (non-hydrogen) atoms. The number of rotatable bonds is 6. The molecule has 0 bridgehead atoms. The van der Waals surface area contributed by atoms with Gasteiger partial charge in [0.2, 0.25) is 0 Å². The first-order valence-corrected chi connectivity index (χ1v) is 8.56. The van der Waals surface area contributed by atoms with Crippen LogP contribution in [-0.2, 0) is 0 Å².